The Hall–Kier alpha value is -1.09. The molecule has 2 atom stereocenters. The molecule has 2 rings (SSSR count). The fraction of sp³-hybridized carbons (Fsp3) is 0.583. The number of sulfonamides is 1. The fourth-order valence-corrected chi connectivity index (χ4v) is 3.45. The zero-order valence-electron chi connectivity index (χ0n) is 11.8. The molecule has 0 bridgehead atoms. The van der Waals surface area contributed by atoms with Gasteiger partial charge in [-0.3, -0.25) is 0 Å². The van der Waals surface area contributed by atoms with E-state index < -0.39 is 16.0 Å². The van der Waals surface area contributed by atoms with Crippen LogP contribution in [0.3, 0.4) is 0 Å². The third-order valence-corrected chi connectivity index (χ3v) is 4.71. The average molecular weight is 339 g/mol. The Kier molecular flexibility index (Phi) is 6.21. The van der Waals surface area contributed by atoms with Gasteiger partial charge in [0.2, 0.25) is 5.09 Å². The molecule has 0 spiro atoms. The van der Waals surface area contributed by atoms with E-state index in [4.69, 9.17) is 4.42 Å². The molecule has 7 nitrogen and oxygen atoms in total. The van der Waals surface area contributed by atoms with Gasteiger partial charge >= 0.3 is 5.97 Å². The Morgan fingerprint density at radius 3 is 2.86 bits per heavy atom. The van der Waals surface area contributed by atoms with Crippen LogP contribution in [0, 0.1) is 5.92 Å². The molecule has 2 unspecified atom stereocenters. The lowest BCUT2D eigenvalue weighted by Crippen LogP contribution is -2.48. The van der Waals surface area contributed by atoms with Crippen molar-refractivity contribution in [3.8, 4) is 0 Å². The second-order valence-electron chi connectivity index (χ2n) is 4.84. The van der Waals surface area contributed by atoms with Gasteiger partial charge in [0.25, 0.3) is 10.0 Å². The maximum atomic E-state index is 12.2. The lowest BCUT2D eigenvalue weighted by atomic mass is 9.97. The summed E-state index contributed by atoms with van der Waals surface area (Å²) in [6.45, 7) is 3.50. The molecule has 1 fully saturated rings. The molecule has 2 heterocycles. The zero-order chi connectivity index (χ0) is 14.8. The second kappa shape index (κ2) is 7.26. The number of nitrogens with one attached hydrogen (secondary N) is 2. The molecule has 0 saturated carbocycles. The molecule has 1 saturated heterocycles. The number of piperidine rings is 1. The molecule has 1 aromatic heterocycles. The quantitative estimate of drug-likeness (QED) is 0.787. The molecule has 1 aliphatic heterocycles. The van der Waals surface area contributed by atoms with Gasteiger partial charge in [0.15, 0.2) is 0 Å². The highest BCUT2D eigenvalue weighted by Gasteiger charge is 2.29. The van der Waals surface area contributed by atoms with E-state index in [2.05, 4.69) is 14.8 Å². The number of furan rings is 1. The minimum Gasteiger partial charge on any atom is -0.465 e. The third-order valence-electron chi connectivity index (χ3n) is 3.35. The highest BCUT2D eigenvalue weighted by Crippen LogP contribution is 2.18. The van der Waals surface area contributed by atoms with Gasteiger partial charge in [-0.25, -0.2) is 17.9 Å². The van der Waals surface area contributed by atoms with Crippen molar-refractivity contribution in [1.29, 1.82) is 0 Å². The van der Waals surface area contributed by atoms with Crippen molar-refractivity contribution < 1.29 is 22.4 Å². The molecule has 0 amide bonds. The maximum Gasteiger partial charge on any atom is 0.341 e. The molecule has 0 aliphatic carbocycles. The van der Waals surface area contributed by atoms with Crippen LogP contribution in [0.5, 0.6) is 0 Å². The monoisotopic (exact) mass is 338 g/mol. The van der Waals surface area contributed by atoms with Gasteiger partial charge in [-0.1, -0.05) is 6.92 Å². The standard InChI is InChI=1S/C12H18N2O5S.ClH/c1-8-6-13-4-3-10(8)14-20(16,17)11-5-9(7-19-11)12(15)18-2;/h5,7-8,10,13-14H,3-4,6H2,1-2H3;1H. The molecule has 9 heteroatoms. The van der Waals surface area contributed by atoms with Gasteiger partial charge in [-0.15, -0.1) is 12.4 Å². The van der Waals surface area contributed by atoms with Gasteiger partial charge in [-0.2, -0.15) is 0 Å². The summed E-state index contributed by atoms with van der Waals surface area (Å²) < 4.78 is 36.5. The van der Waals surface area contributed by atoms with Crippen LogP contribution in [0.25, 0.3) is 0 Å². The fourth-order valence-electron chi connectivity index (χ4n) is 2.13. The number of esters is 1. The molecule has 0 aromatic carbocycles. The minimum atomic E-state index is -3.77. The number of methoxy groups -OCH3 is 1. The summed E-state index contributed by atoms with van der Waals surface area (Å²) in [7, 11) is -2.55. The highest BCUT2D eigenvalue weighted by molar-refractivity contribution is 7.89. The Bertz CT molecular complexity index is 586. The van der Waals surface area contributed by atoms with Gasteiger partial charge in [-0.05, 0) is 25.4 Å². The molecular formula is C12H19ClN2O5S. The van der Waals surface area contributed by atoms with Crippen LogP contribution in [0.1, 0.15) is 23.7 Å². The number of halogens is 1. The SMILES string of the molecule is COC(=O)c1coc(S(=O)(=O)NC2CCNCC2C)c1.Cl. The van der Waals surface area contributed by atoms with Gasteiger partial charge in [0.1, 0.15) is 6.26 Å². The van der Waals surface area contributed by atoms with Crippen LogP contribution >= 0.6 is 12.4 Å². The van der Waals surface area contributed by atoms with Crippen molar-refractivity contribution in [2.45, 2.75) is 24.5 Å². The molecular weight excluding hydrogens is 320 g/mol. The van der Waals surface area contributed by atoms with Crippen LogP contribution in [0.4, 0.5) is 0 Å². The first-order chi connectivity index (χ1) is 9.44. The highest BCUT2D eigenvalue weighted by atomic mass is 35.5. The van der Waals surface area contributed by atoms with Crippen LogP contribution in [-0.2, 0) is 14.8 Å². The smallest absolute Gasteiger partial charge is 0.341 e. The third kappa shape index (κ3) is 4.19. The minimum absolute atomic E-state index is 0. The summed E-state index contributed by atoms with van der Waals surface area (Å²) in [6, 6.07) is 1.02. The van der Waals surface area contributed by atoms with Crippen molar-refractivity contribution in [1.82, 2.24) is 10.0 Å². The number of carbonyl (C=O) groups excluding carboxylic acids is 1. The average Bonchev–Trinajstić information content (AvgIpc) is 2.91. The Morgan fingerprint density at radius 2 is 2.24 bits per heavy atom. The molecule has 1 aromatic rings. The first-order valence-corrected chi connectivity index (χ1v) is 7.82. The lowest BCUT2D eigenvalue weighted by molar-refractivity contribution is 0.0600. The number of carbonyl (C=O) groups is 1. The van der Waals surface area contributed by atoms with E-state index in [1.54, 1.807) is 0 Å². The van der Waals surface area contributed by atoms with E-state index >= 15 is 0 Å². The summed E-state index contributed by atoms with van der Waals surface area (Å²) >= 11 is 0. The maximum absolute atomic E-state index is 12.2. The normalized spacial score (nSPS) is 22.4. The number of rotatable bonds is 4. The Balaban J connectivity index is 0.00000220. The number of hydrogen-bond acceptors (Lipinski definition) is 6. The van der Waals surface area contributed by atoms with Gasteiger partial charge in [0, 0.05) is 12.1 Å². The van der Waals surface area contributed by atoms with E-state index in [1.807, 2.05) is 6.92 Å². The van der Waals surface area contributed by atoms with Crippen molar-refractivity contribution in [3.63, 3.8) is 0 Å². The largest absolute Gasteiger partial charge is 0.465 e. The number of ether oxygens (including phenoxy) is 1. The first kappa shape index (κ1) is 18.0. The predicted molar refractivity (Wildman–Crippen MR) is 78.1 cm³/mol. The van der Waals surface area contributed by atoms with Gasteiger partial charge in [0.05, 0.1) is 12.7 Å². The lowest BCUT2D eigenvalue weighted by Gasteiger charge is -2.29. The van der Waals surface area contributed by atoms with Crippen molar-refractivity contribution in [2.24, 2.45) is 5.92 Å². The van der Waals surface area contributed by atoms with Crippen molar-refractivity contribution >= 4 is 28.4 Å². The summed E-state index contributed by atoms with van der Waals surface area (Å²) in [5, 5.41) is 2.92. The second-order valence-corrected chi connectivity index (χ2v) is 6.49. The predicted octanol–water partition coefficient (Wildman–Crippen LogP) is 0.764. The molecule has 120 valence electrons. The van der Waals surface area contributed by atoms with E-state index in [-0.39, 0.29) is 35.0 Å². The summed E-state index contributed by atoms with van der Waals surface area (Å²) in [4.78, 5) is 11.3. The molecule has 21 heavy (non-hydrogen) atoms. The Labute approximate surface area is 129 Å². The molecule has 0 radical (unpaired) electrons. The van der Waals surface area contributed by atoms with Crippen molar-refractivity contribution in [2.75, 3.05) is 20.2 Å². The van der Waals surface area contributed by atoms with E-state index in [1.165, 1.54) is 13.2 Å². The van der Waals surface area contributed by atoms with Crippen molar-refractivity contribution in [3.05, 3.63) is 17.9 Å². The Morgan fingerprint density at radius 1 is 1.52 bits per heavy atom. The van der Waals surface area contributed by atoms with Crippen LogP contribution in [0.2, 0.25) is 0 Å². The van der Waals surface area contributed by atoms with Crippen LogP contribution < -0.4 is 10.0 Å². The van der Waals surface area contributed by atoms with E-state index in [0.29, 0.717) is 6.42 Å². The summed E-state index contributed by atoms with van der Waals surface area (Å²) in [6.07, 6.45) is 1.79. The van der Waals surface area contributed by atoms with Gasteiger partial charge < -0.3 is 14.5 Å². The number of hydrogen-bond donors (Lipinski definition) is 2. The molecule has 2 N–H and O–H groups in total. The van der Waals surface area contributed by atoms with E-state index in [9.17, 15) is 13.2 Å². The summed E-state index contributed by atoms with van der Waals surface area (Å²) in [5.74, 6) is -0.445. The van der Waals surface area contributed by atoms with E-state index in [0.717, 1.165) is 19.4 Å². The molecule has 1 aliphatic rings. The summed E-state index contributed by atoms with van der Waals surface area (Å²) in [5.41, 5.74) is 0.0752. The van der Waals surface area contributed by atoms with Crippen LogP contribution in [-0.4, -0.2) is 40.6 Å². The topological polar surface area (TPSA) is 97.6 Å². The van der Waals surface area contributed by atoms with Crippen LogP contribution in [0.15, 0.2) is 21.8 Å². The first-order valence-electron chi connectivity index (χ1n) is 6.34. The zero-order valence-corrected chi connectivity index (χ0v) is 13.4.